The molecule has 1 aromatic heterocycles. The van der Waals surface area contributed by atoms with Gasteiger partial charge >= 0.3 is 5.97 Å². The number of rotatable bonds is 5. The quantitative estimate of drug-likeness (QED) is 0.907. The molecule has 1 unspecified atom stereocenters. The summed E-state index contributed by atoms with van der Waals surface area (Å²) < 4.78 is 4.78. The number of carbonyl (C=O) groups is 1. The van der Waals surface area contributed by atoms with Crippen LogP contribution in [0.5, 0.6) is 0 Å². The summed E-state index contributed by atoms with van der Waals surface area (Å²) in [4.78, 5) is 13.4. The number of hydrogen-bond acceptors (Lipinski definition) is 4. The van der Waals surface area contributed by atoms with Gasteiger partial charge in [-0.25, -0.2) is 0 Å². The highest BCUT2D eigenvalue weighted by Gasteiger charge is 2.27. The third-order valence-corrected chi connectivity index (χ3v) is 3.52. The fraction of sp³-hybridized carbons (Fsp3) is 0.333. The Morgan fingerprint density at radius 2 is 2.15 bits per heavy atom. The molecule has 1 N–H and O–H groups in total. The van der Waals surface area contributed by atoms with Gasteiger partial charge in [-0.3, -0.25) is 9.69 Å². The van der Waals surface area contributed by atoms with E-state index < -0.39 is 12.0 Å². The first-order valence-electron chi connectivity index (χ1n) is 6.39. The summed E-state index contributed by atoms with van der Waals surface area (Å²) in [5.41, 5.74) is 3.61. The van der Waals surface area contributed by atoms with E-state index in [1.807, 2.05) is 32.0 Å². The maximum absolute atomic E-state index is 11.6. The van der Waals surface area contributed by atoms with E-state index in [2.05, 4.69) is 5.16 Å². The summed E-state index contributed by atoms with van der Waals surface area (Å²) in [7, 11) is 1.77. The fourth-order valence-electron chi connectivity index (χ4n) is 2.29. The largest absolute Gasteiger partial charge is 0.480 e. The Morgan fingerprint density at radius 3 is 2.75 bits per heavy atom. The van der Waals surface area contributed by atoms with Crippen LogP contribution in [0.2, 0.25) is 0 Å². The van der Waals surface area contributed by atoms with Crippen molar-refractivity contribution in [3.63, 3.8) is 0 Å². The van der Waals surface area contributed by atoms with Crippen molar-refractivity contribution < 1.29 is 14.4 Å². The Bertz CT molecular complexity index is 593. The molecule has 106 valence electrons. The average molecular weight is 274 g/mol. The lowest BCUT2D eigenvalue weighted by Gasteiger charge is -2.25. The van der Waals surface area contributed by atoms with Gasteiger partial charge < -0.3 is 9.63 Å². The van der Waals surface area contributed by atoms with Crippen LogP contribution in [0.4, 0.5) is 0 Å². The van der Waals surface area contributed by atoms with Gasteiger partial charge in [-0.2, -0.15) is 0 Å². The Balaban J connectivity index is 2.31. The minimum atomic E-state index is -0.871. The Labute approximate surface area is 117 Å². The highest BCUT2D eigenvalue weighted by molar-refractivity contribution is 5.76. The number of nitrogens with zero attached hydrogens (tertiary/aromatic N) is 2. The summed E-state index contributed by atoms with van der Waals surface area (Å²) >= 11 is 0. The maximum Gasteiger partial charge on any atom is 0.325 e. The van der Waals surface area contributed by atoms with Crippen molar-refractivity contribution in [1.82, 2.24) is 10.1 Å². The molecule has 0 saturated heterocycles. The standard InChI is InChI=1S/C15H18N2O3/c1-10-5-4-6-13(11(10)2)14(15(18)19)17(3)9-12-7-8-20-16-12/h4-8,14H,9H2,1-3H3,(H,18,19). The molecule has 1 aromatic carbocycles. The molecule has 20 heavy (non-hydrogen) atoms. The first-order chi connectivity index (χ1) is 9.50. The molecule has 0 bridgehead atoms. The highest BCUT2D eigenvalue weighted by atomic mass is 16.5. The normalized spacial score (nSPS) is 12.6. The zero-order valence-corrected chi connectivity index (χ0v) is 11.8. The van der Waals surface area contributed by atoms with Gasteiger partial charge in [0.25, 0.3) is 0 Å². The number of aryl methyl sites for hydroxylation is 1. The van der Waals surface area contributed by atoms with E-state index in [0.29, 0.717) is 12.2 Å². The lowest BCUT2D eigenvalue weighted by Crippen LogP contribution is -2.31. The van der Waals surface area contributed by atoms with Crippen molar-refractivity contribution in [3.05, 3.63) is 52.9 Å². The molecular weight excluding hydrogens is 256 g/mol. The Morgan fingerprint density at radius 1 is 1.40 bits per heavy atom. The van der Waals surface area contributed by atoms with Crippen LogP contribution < -0.4 is 0 Å². The number of carboxylic acids is 1. The lowest BCUT2D eigenvalue weighted by atomic mass is 9.96. The van der Waals surface area contributed by atoms with Crippen LogP contribution in [0.25, 0.3) is 0 Å². The van der Waals surface area contributed by atoms with E-state index in [-0.39, 0.29) is 0 Å². The zero-order chi connectivity index (χ0) is 14.7. The van der Waals surface area contributed by atoms with Gasteiger partial charge in [0, 0.05) is 12.6 Å². The molecule has 1 atom stereocenters. The van der Waals surface area contributed by atoms with E-state index in [9.17, 15) is 9.90 Å². The van der Waals surface area contributed by atoms with Crippen molar-refractivity contribution in [2.75, 3.05) is 7.05 Å². The number of aromatic nitrogens is 1. The van der Waals surface area contributed by atoms with E-state index in [1.54, 1.807) is 18.0 Å². The van der Waals surface area contributed by atoms with Gasteiger partial charge in [-0.1, -0.05) is 23.4 Å². The van der Waals surface area contributed by atoms with Gasteiger partial charge in [0.2, 0.25) is 0 Å². The molecule has 0 fully saturated rings. The highest BCUT2D eigenvalue weighted by Crippen LogP contribution is 2.26. The molecule has 0 radical (unpaired) electrons. The van der Waals surface area contributed by atoms with Gasteiger partial charge in [-0.15, -0.1) is 0 Å². The maximum atomic E-state index is 11.6. The molecule has 2 aromatic rings. The summed E-state index contributed by atoms with van der Waals surface area (Å²) in [5.74, 6) is -0.871. The minimum absolute atomic E-state index is 0.418. The number of likely N-dealkylation sites (N-methyl/N-ethyl adjacent to an activating group) is 1. The predicted octanol–water partition coefficient (Wildman–Crippen LogP) is 2.55. The predicted molar refractivity (Wildman–Crippen MR) is 74.3 cm³/mol. The van der Waals surface area contributed by atoms with Crippen molar-refractivity contribution in [3.8, 4) is 0 Å². The third kappa shape index (κ3) is 2.88. The second-order valence-electron chi connectivity index (χ2n) is 4.94. The van der Waals surface area contributed by atoms with E-state index in [4.69, 9.17) is 4.52 Å². The molecular formula is C15H18N2O3. The monoisotopic (exact) mass is 274 g/mol. The minimum Gasteiger partial charge on any atom is -0.480 e. The Kier molecular flexibility index (Phi) is 4.20. The topological polar surface area (TPSA) is 66.6 Å². The van der Waals surface area contributed by atoms with Gasteiger partial charge in [-0.05, 0) is 37.6 Å². The molecule has 2 rings (SSSR count). The van der Waals surface area contributed by atoms with Crippen molar-refractivity contribution in [2.24, 2.45) is 0 Å². The first kappa shape index (κ1) is 14.3. The SMILES string of the molecule is Cc1cccc(C(C(=O)O)N(C)Cc2ccon2)c1C. The van der Waals surface area contributed by atoms with E-state index >= 15 is 0 Å². The second-order valence-corrected chi connectivity index (χ2v) is 4.94. The molecule has 0 aliphatic heterocycles. The Hall–Kier alpha value is -2.14. The molecule has 0 aliphatic carbocycles. The van der Waals surface area contributed by atoms with E-state index in [0.717, 1.165) is 16.7 Å². The fourth-order valence-corrected chi connectivity index (χ4v) is 2.29. The van der Waals surface area contributed by atoms with Crippen molar-refractivity contribution in [2.45, 2.75) is 26.4 Å². The molecule has 1 heterocycles. The number of hydrogen-bond donors (Lipinski definition) is 1. The lowest BCUT2D eigenvalue weighted by molar-refractivity contribution is -0.143. The summed E-state index contributed by atoms with van der Waals surface area (Å²) in [6, 6.07) is 6.76. The number of carboxylic acid groups (broad SMARTS) is 1. The number of benzene rings is 1. The van der Waals surface area contributed by atoms with Crippen LogP contribution in [0, 0.1) is 13.8 Å². The van der Waals surface area contributed by atoms with Crippen molar-refractivity contribution in [1.29, 1.82) is 0 Å². The average Bonchev–Trinajstić information content (AvgIpc) is 2.87. The van der Waals surface area contributed by atoms with Crippen LogP contribution in [0.1, 0.15) is 28.4 Å². The van der Waals surface area contributed by atoms with Gasteiger partial charge in [0.1, 0.15) is 12.3 Å². The van der Waals surface area contributed by atoms with Crippen LogP contribution >= 0.6 is 0 Å². The zero-order valence-electron chi connectivity index (χ0n) is 11.8. The second kappa shape index (κ2) is 5.88. The van der Waals surface area contributed by atoms with Crippen LogP contribution in [0.3, 0.4) is 0 Å². The summed E-state index contributed by atoms with van der Waals surface area (Å²) in [6.07, 6.45) is 1.48. The van der Waals surface area contributed by atoms with Crippen LogP contribution in [-0.4, -0.2) is 28.2 Å². The first-order valence-corrected chi connectivity index (χ1v) is 6.39. The third-order valence-electron chi connectivity index (χ3n) is 3.52. The van der Waals surface area contributed by atoms with Crippen LogP contribution in [-0.2, 0) is 11.3 Å². The van der Waals surface area contributed by atoms with Crippen LogP contribution in [0.15, 0.2) is 35.1 Å². The summed E-state index contributed by atoms with van der Waals surface area (Å²) in [6.45, 7) is 4.35. The molecule has 5 heteroatoms. The molecule has 0 aliphatic rings. The summed E-state index contributed by atoms with van der Waals surface area (Å²) in [5, 5.41) is 13.4. The molecule has 0 amide bonds. The number of aliphatic carboxylic acids is 1. The molecule has 0 spiro atoms. The smallest absolute Gasteiger partial charge is 0.325 e. The molecule has 5 nitrogen and oxygen atoms in total. The van der Waals surface area contributed by atoms with Gasteiger partial charge in [0.05, 0.1) is 5.69 Å². The molecule has 0 saturated carbocycles. The van der Waals surface area contributed by atoms with Gasteiger partial charge in [0.15, 0.2) is 0 Å². The van der Waals surface area contributed by atoms with E-state index in [1.165, 1.54) is 6.26 Å². The van der Waals surface area contributed by atoms with Crippen molar-refractivity contribution >= 4 is 5.97 Å².